The molecule has 1 saturated carbocycles. The van der Waals surface area contributed by atoms with Crippen molar-refractivity contribution >= 4 is 32.4 Å². The van der Waals surface area contributed by atoms with Crippen LogP contribution in [0.15, 0.2) is 108 Å². The average Bonchev–Trinajstić information content (AvgIpc) is 3.60. The second kappa shape index (κ2) is 9.52. The quantitative estimate of drug-likeness (QED) is 0.305. The first kappa shape index (κ1) is 24.2. The molecule has 5 nitrogen and oxygen atoms in total. The lowest BCUT2D eigenvalue weighted by molar-refractivity contribution is -0.120. The van der Waals surface area contributed by atoms with Crippen molar-refractivity contribution in [1.82, 2.24) is 4.72 Å². The molecule has 0 heterocycles. The summed E-state index contributed by atoms with van der Waals surface area (Å²) in [7, 11) is -3.74. The maximum absolute atomic E-state index is 13.3. The fourth-order valence-corrected chi connectivity index (χ4v) is 6.62. The average molecular weight is 499 g/mol. The van der Waals surface area contributed by atoms with Crippen LogP contribution in [0.1, 0.15) is 31.9 Å². The van der Waals surface area contributed by atoms with E-state index >= 15 is 0 Å². The molecular weight excluding hydrogens is 468 g/mol. The van der Waals surface area contributed by atoms with Crippen molar-refractivity contribution in [2.45, 2.75) is 31.2 Å². The molecule has 184 valence electrons. The molecule has 0 radical (unpaired) electrons. The first-order valence-electron chi connectivity index (χ1n) is 12.2. The van der Waals surface area contributed by atoms with Crippen molar-refractivity contribution in [3.05, 3.63) is 109 Å². The summed E-state index contributed by atoms with van der Waals surface area (Å²) in [6.45, 7) is 4.00. The zero-order valence-electron chi connectivity index (χ0n) is 20.4. The van der Waals surface area contributed by atoms with Gasteiger partial charge in [0.15, 0.2) is 0 Å². The van der Waals surface area contributed by atoms with Crippen LogP contribution in [0.4, 0.5) is 5.69 Å². The fraction of sp³-hybridized carbons (Fsp3) is 0.233. The number of anilines is 1. The zero-order chi connectivity index (χ0) is 25.3. The van der Waals surface area contributed by atoms with Crippen molar-refractivity contribution in [2.75, 3.05) is 5.32 Å². The predicted molar refractivity (Wildman–Crippen MR) is 144 cm³/mol. The maximum atomic E-state index is 13.3. The number of rotatable bonds is 8. The van der Waals surface area contributed by atoms with Gasteiger partial charge in [0.1, 0.15) is 0 Å². The van der Waals surface area contributed by atoms with Gasteiger partial charge in [0, 0.05) is 11.6 Å². The van der Waals surface area contributed by atoms with Gasteiger partial charge in [-0.05, 0) is 58.4 Å². The smallest absolute Gasteiger partial charge is 0.241 e. The number of hydrogen-bond donors (Lipinski definition) is 2. The molecule has 4 aromatic rings. The summed E-state index contributed by atoms with van der Waals surface area (Å²) in [6.07, 6.45) is 0.746. The summed E-state index contributed by atoms with van der Waals surface area (Å²) < 4.78 is 29.5. The lowest BCUT2D eigenvalue weighted by Crippen LogP contribution is -2.35. The monoisotopic (exact) mass is 498 g/mol. The summed E-state index contributed by atoms with van der Waals surface area (Å²) >= 11 is 0. The number of benzene rings is 4. The van der Waals surface area contributed by atoms with Crippen LogP contribution >= 0.6 is 0 Å². The summed E-state index contributed by atoms with van der Waals surface area (Å²) in [5.74, 6) is -0.313. The fourth-order valence-electron chi connectivity index (χ4n) is 5.25. The van der Waals surface area contributed by atoms with E-state index in [0.29, 0.717) is 0 Å². The topological polar surface area (TPSA) is 75.3 Å². The third kappa shape index (κ3) is 4.79. The Kier molecular flexibility index (Phi) is 6.41. The molecule has 0 bridgehead atoms. The Morgan fingerprint density at radius 2 is 1.47 bits per heavy atom. The number of carbonyl (C=O) groups excluding carboxylic acids is 1. The largest absolute Gasteiger partial charge is 0.326 e. The molecule has 0 spiro atoms. The van der Waals surface area contributed by atoms with Gasteiger partial charge in [-0.25, -0.2) is 13.1 Å². The molecule has 0 saturated heterocycles. The number of sulfonamides is 1. The number of amides is 1. The van der Waals surface area contributed by atoms with Gasteiger partial charge in [-0.15, -0.1) is 0 Å². The van der Waals surface area contributed by atoms with Gasteiger partial charge in [-0.2, -0.15) is 0 Å². The molecule has 2 N–H and O–H groups in total. The molecule has 4 aromatic carbocycles. The minimum atomic E-state index is -3.74. The lowest BCUT2D eigenvalue weighted by Gasteiger charge is -2.28. The van der Waals surface area contributed by atoms with Gasteiger partial charge in [-0.1, -0.05) is 92.7 Å². The van der Waals surface area contributed by atoms with Gasteiger partial charge in [0.25, 0.3) is 0 Å². The van der Waals surface area contributed by atoms with E-state index in [9.17, 15) is 13.2 Å². The summed E-state index contributed by atoms with van der Waals surface area (Å²) in [4.78, 5) is 13.5. The van der Waals surface area contributed by atoms with Gasteiger partial charge in [-0.3, -0.25) is 4.79 Å². The van der Waals surface area contributed by atoms with Crippen LogP contribution in [-0.2, 0) is 14.8 Å². The third-order valence-corrected chi connectivity index (χ3v) is 8.94. The van der Waals surface area contributed by atoms with Crippen LogP contribution in [-0.4, -0.2) is 14.3 Å². The van der Waals surface area contributed by atoms with E-state index in [1.165, 1.54) is 0 Å². The molecule has 5 rings (SSSR count). The molecule has 1 fully saturated rings. The van der Waals surface area contributed by atoms with E-state index in [0.717, 1.165) is 28.4 Å². The van der Waals surface area contributed by atoms with Crippen LogP contribution in [0, 0.1) is 17.3 Å². The lowest BCUT2D eigenvalue weighted by atomic mass is 9.86. The molecular formula is C30H30N2O3S. The van der Waals surface area contributed by atoms with Gasteiger partial charge < -0.3 is 5.32 Å². The van der Waals surface area contributed by atoms with E-state index in [-0.39, 0.29) is 22.6 Å². The van der Waals surface area contributed by atoms with E-state index in [1.54, 1.807) is 30.3 Å². The summed E-state index contributed by atoms with van der Waals surface area (Å²) in [5.41, 5.74) is 1.25. The number of carbonyl (C=O) groups is 1. The zero-order valence-corrected chi connectivity index (χ0v) is 21.2. The Labute approximate surface area is 212 Å². The third-order valence-electron chi connectivity index (χ3n) is 7.50. The van der Waals surface area contributed by atoms with Gasteiger partial charge >= 0.3 is 0 Å². The van der Waals surface area contributed by atoms with Crippen LogP contribution in [0.3, 0.4) is 0 Å². The summed E-state index contributed by atoms with van der Waals surface area (Å²) in [6, 6.07) is 31.5. The van der Waals surface area contributed by atoms with E-state index < -0.39 is 21.5 Å². The first-order chi connectivity index (χ1) is 17.3. The molecule has 1 aliphatic rings. The second-order valence-corrected chi connectivity index (χ2v) is 11.6. The number of hydrogen-bond acceptors (Lipinski definition) is 3. The summed E-state index contributed by atoms with van der Waals surface area (Å²) in [5, 5.41) is 5.26. The highest BCUT2D eigenvalue weighted by Crippen LogP contribution is 2.63. The van der Waals surface area contributed by atoms with E-state index in [4.69, 9.17) is 0 Å². The van der Waals surface area contributed by atoms with Crippen molar-refractivity contribution in [3.8, 4) is 0 Å². The Morgan fingerprint density at radius 1 is 0.861 bits per heavy atom. The second-order valence-electron chi connectivity index (χ2n) is 9.93. The molecule has 4 atom stereocenters. The van der Waals surface area contributed by atoms with Crippen LogP contribution in [0.25, 0.3) is 10.8 Å². The van der Waals surface area contributed by atoms with Crippen molar-refractivity contribution in [3.63, 3.8) is 0 Å². The molecule has 1 aliphatic carbocycles. The maximum Gasteiger partial charge on any atom is 0.241 e. The van der Waals surface area contributed by atoms with Crippen molar-refractivity contribution < 1.29 is 13.2 Å². The standard InChI is InChI=1S/C30H30N2O3S/c1-21(29(33)31-25-18-17-22-11-9-10-14-24(22)19-25)27-20-30(27,2)28(23-12-5-3-6-13-23)32-36(34,35)26-15-7-4-8-16-26/h3-19,21,27-28,32H,20H2,1-2H3,(H,31,33)/t21-,27+,28+,30-/m1/s1. The number of nitrogens with one attached hydrogen (secondary N) is 2. The normalized spacial score (nSPS) is 21.0. The van der Waals surface area contributed by atoms with Crippen LogP contribution < -0.4 is 10.0 Å². The van der Waals surface area contributed by atoms with Crippen LogP contribution in [0.5, 0.6) is 0 Å². The predicted octanol–water partition coefficient (Wildman–Crippen LogP) is 6.16. The molecule has 6 heteroatoms. The Balaban J connectivity index is 1.37. The van der Waals surface area contributed by atoms with Crippen molar-refractivity contribution in [1.29, 1.82) is 0 Å². The SMILES string of the molecule is C[C@@H](C(=O)Nc1ccc2ccccc2c1)[C@@H]1C[C@@]1(C)[C@@H](NS(=O)(=O)c1ccccc1)c1ccccc1. The molecule has 0 aromatic heterocycles. The van der Waals surface area contributed by atoms with Gasteiger partial charge in [0.2, 0.25) is 15.9 Å². The van der Waals surface area contributed by atoms with E-state index in [1.807, 2.05) is 79.7 Å². The molecule has 36 heavy (non-hydrogen) atoms. The van der Waals surface area contributed by atoms with Crippen LogP contribution in [0.2, 0.25) is 0 Å². The highest BCUT2D eigenvalue weighted by Gasteiger charge is 2.59. The molecule has 0 aliphatic heterocycles. The number of fused-ring (bicyclic) bond motifs is 1. The molecule has 0 unspecified atom stereocenters. The minimum absolute atomic E-state index is 0.0293. The molecule has 1 amide bonds. The van der Waals surface area contributed by atoms with E-state index in [2.05, 4.69) is 17.0 Å². The minimum Gasteiger partial charge on any atom is -0.326 e. The Hall–Kier alpha value is -3.48. The Bertz CT molecular complexity index is 1490. The van der Waals surface area contributed by atoms with Crippen molar-refractivity contribution in [2.24, 2.45) is 17.3 Å². The first-order valence-corrected chi connectivity index (χ1v) is 13.7. The highest BCUT2D eigenvalue weighted by molar-refractivity contribution is 7.89. The highest BCUT2D eigenvalue weighted by atomic mass is 32.2. The Morgan fingerprint density at radius 3 is 2.17 bits per heavy atom. The van der Waals surface area contributed by atoms with Gasteiger partial charge in [0.05, 0.1) is 10.9 Å².